The largest absolute Gasteiger partial charge is 0.480 e. The fourth-order valence-corrected chi connectivity index (χ4v) is 1.93. The van der Waals surface area contributed by atoms with Crippen LogP contribution in [0.2, 0.25) is 5.02 Å². The summed E-state index contributed by atoms with van der Waals surface area (Å²) in [6, 6.07) is 5.93. The minimum Gasteiger partial charge on any atom is -0.480 e. The Morgan fingerprint density at radius 3 is 2.29 bits per heavy atom. The number of nitrogens with one attached hydrogen (secondary N) is 2. The van der Waals surface area contributed by atoms with Gasteiger partial charge in [0.2, 0.25) is 0 Å². The summed E-state index contributed by atoms with van der Waals surface area (Å²) in [5.41, 5.74) is 0.490. The van der Waals surface area contributed by atoms with Gasteiger partial charge in [-0.05, 0) is 29.5 Å². The van der Waals surface area contributed by atoms with Gasteiger partial charge in [-0.1, -0.05) is 44.5 Å². The second-order valence-corrected chi connectivity index (χ2v) is 6.35. The van der Waals surface area contributed by atoms with Gasteiger partial charge in [0.1, 0.15) is 6.04 Å². The summed E-state index contributed by atoms with van der Waals surface area (Å²) in [5, 5.41) is 14.9. The molecule has 116 valence electrons. The number of hydrogen-bond acceptors (Lipinski definition) is 2. The lowest BCUT2D eigenvalue weighted by Gasteiger charge is -2.27. The molecule has 0 bridgehead atoms. The van der Waals surface area contributed by atoms with Crippen LogP contribution in [0.3, 0.4) is 0 Å². The molecule has 1 aromatic rings. The van der Waals surface area contributed by atoms with E-state index in [2.05, 4.69) is 10.6 Å². The van der Waals surface area contributed by atoms with Crippen molar-refractivity contribution in [2.75, 3.05) is 6.54 Å². The molecule has 0 aliphatic carbocycles. The molecule has 1 atom stereocenters. The van der Waals surface area contributed by atoms with Gasteiger partial charge in [-0.2, -0.15) is 0 Å². The highest BCUT2D eigenvalue weighted by Crippen LogP contribution is 2.19. The number of amides is 2. The van der Waals surface area contributed by atoms with E-state index in [1.165, 1.54) is 0 Å². The first-order chi connectivity index (χ1) is 9.70. The molecule has 0 aliphatic heterocycles. The molecular formula is C15H21ClN2O3. The average molecular weight is 313 g/mol. The lowest BCUT2D eigenvalue weighted by Crippen LogP contribution is -2.52. The van der Waals surface area contributed by atoms with E-state index < -0.39 is 23.5 Å². The SMILES string of the molecule is CC(C)(C)[C@H](NC(=O)NCCc1ccc(Cl)cc1)C(=O)O. The highest BCUT2D eigenvalue weighted by molar-refractivity contribution is 6.30. The molecule has 0 aromatic heterocycles. The van der Waals surface area contributed by atoms with Crippen LogP contribution in [0.15, 0.2) is 24.3 Å². The summed E-state index contributed by atoms with van der Waals surface area (Å²) in [4.78, 5) is 22.9. The normalized spacial score (nSPS) is 12.6. The van der Waals surface area contributed by atoms with E-state index >= 15 is 0 Å². The Morgan fingerprint density at radius 1 is 1.24 bits per heavy atom. The minimum atomic E-state index is -1.05. The number of benzene rings is 1. The van der Waals surface area contributed by atoms with E-state index in [4.69, 9.17) is 16.7 Å². The zero-order chi connectivity index (χ0) is 16.0. The Balaban J connectivity index is 2.43. The molecule has 6 heteroatoms. The van der Waals surface area contributed by atoms with Crippen LogP contribution < -0.4 is 10.6 Å². The maximum atomic E-state index is 11.7. The van der Waals surface area contributed by atoms with Crippen LogP contribution in [0.25, 0.3) is 0 Å². The molecule has 0 saturated heterocycles. The summed E-state index contributed by atoms with van der Waals surface area (Å²) in [6.07, 6.45) is 0.651. The zero-order valence-electron chi connectivity index (χ0n) is 12.4. The molecular weight excluding hydrogens is 292 g/mol. The van der Waals surface area contributed by atoms with Gasteiger partial charge >= 0.3 is 12.0 Å². The molecule has 1 aromatic carbocycles. The van der Waals surface area contributed by atoms with Crippen molar-refractivity contribution in [2.24, 2.45) is 5.41 Å². The quantitative estimate of drug-likeness (QED) is 0.782. The van der Waals surface area contributed by atoms with E-state index in [0.29, 0.717) is 18.0 Å². The van der Waals surface area contributed by atoms with E-state index in [1.54, 1.807) is 32.9 Å². The first-order valence-corrected chi connectivity index (χ1v) is 7.09. The summed E-state index contributed by atoms with van der Waals surface area (Å²) < 4.78 is 0. The molecule has 21 heavy (non-hydrogen) atoms. The van der Waals surface area contributed by atoms with E-state index in [-0.39, 0.29) is 0 Å². The van der Waals surface area contributed by atoms with Gasteiger partial charge in [0.25, 0.3) is 0 Å². The van der Waals surface area contributed by atoms with Crippen molar-refractivity contribution in [3.05, 3.63) is 34.9 Å². The molecule has 1 rings (SSSR count). The zero-order valence-corrected chi connectivity index (χ0v) is 13.2. The van der Waals surface area contributed by atoms with Crippen molar-refractivity contribution >= 4 is 23.6 Å². The van der Waals surface area contributed by atoms with Crippen molar-refractivity contribution in [3.8, 4) is 0 Å². The number of carbonyl (C=O) groups is 2. The summed E-state index contributed by atoms with van der Waals surface area (Å²) in [5.74, 6) is -1.05. The molecule has 0 aliphatic rings. The van der Waals surface area contributed by atoms with Gasteiger partial charge in [0.05, 0.1) is 0 Å². The third-order valence-corrected chi connectivity index (χ3v) is 3.25. The Morgan fingerprint density at radius 2 is 1.81 bits per heavy atom. The average Bonchev–Trinajstić information content (AvgIpc) is 2.36. The van der Waals surface area contributed by atoms with Crippen LogP contribution >= 0.6 is 11.6 Å². The van der Waals surface area contributed by atoms with Crippen LogP contribution in [0.1, 0.15) is 26.3 Å². The number of carboxylic acid groups (broad SMARTS) is 1. The molecule has 0 unspecified atom stereocenters. The topological polar surface area (TPSA) is 78.4 Å². The molecule has 5 nitrogen and oxygen atoms in total. The van der Waals surface area contributed by atoms with Crippen molar-refractivity contribution in [3.63, 3.8) is 0 Å². The molecule has 2 amide bonds. The first-order valence-electron chi connectivity index (χ1n) is 6.72. The number of rotatable bonds is 5. The number of carboxylic acids is 1. The lowest BCUT2D eigenvalue weighted by atomic mass is 9.87. The third kappa shape index (κ3) is 6.04. The van der Waals surface area contributed by atoms with E-state index in [0.717, 1.165) is 5.56 Å². The van der Waals surface area contributed by atoms with Crippen molar-refractivity contribution in [1.82, 2.24) is 10.6 Å². The summed E-state index contributed by atoms with van der Waals surface area (Å²) in [7, 11) is 0. The molecule has 0 fully saturated rings. The number of carbonyl (C=O) groups excluding carboxylic acids is 1. The van der Waals surface area contributed by atoms with E-state index in [9.17, 15) is 9.59 Å². The second-order valence-electron chi connectivity index (χ2n) is 5.91. The van der Waals surface area contributed by atoms with Crippen LogP contribution in [0.5, 0.6) is 0 Å². The van der Waals surface area contributed by atoms with Crippen molar-refractivity contribution in [1.29, 1.82) is 0 Å². The number of halogens is 1. The Hall–Kier alpha value is -1.75. The van der Waals surface area contributed by atoms with Crippen LogP contribution in [0, 0.1) is 5.41 Å². The predicted molar refractivity (Wildman–Crippen MR) is 82.6 cm³/mol. The summed E-state index contributed by atoms with van der Waals surface area (Å²) >= 11 is 5.79. The highest BCUT2D eigenvalue weighted by Gasteiger charge is 2.32. The van der Waals surface area contributed by atoms with Gasteiger partial charge in [0.15, 0.2) is 0 Å². The van der Waals surface area contributed by atoms with Crippen molar-refractivity contribution in [2.45, 2.75) is 33.2 Å². The van der Waals surface area contributed by atoms with Gasteiger partial charge in [0, 0.05) is 11.6 Å². The molecule has 3 N–H and O–H groups in total. The number of aliphatic carboxylic acids is 1. The van der Waals surface area contributed by atoms with Gasteiger partial charge < -0.3 is 15.7 Å². The number of urea groups is 1. The third-order valence-electron chi connectivity index (χ3n) is 3.00. The minimum absolute atomic E-state index is 0.421. The van der Waals surface area contributed by atoms with Crippen molar-refractivity contribution < 1.29 is 14.7 Å². The highest BCUT2D eigenvalue weighted by atomic mass is 35.5. The predicted octanol–water partition coefficient (Wildman–Crippen LogP) is 2.68. The second kappa shape index (κ2) is 7.31. The number of hydrogen-bond donors (Lipinski definition) is 3. The maximum absolute atomic E-state index is 11.7. The van der Waals surface area contributed by atoms with Crippen LogP contribution in [0.4, 0.5) is 4.79 Å². The molecule has 0 heterocycles. The molecule has 0 spiro atoms. The fraction of sp³-hybridized carbons (Fsp3) is 0.467. The fourth-order valence-electron chi connectivity index (χ4n) is 1.80. The van der Waals surface area contributed by atoms with E-state index in [1.807, 2.05) is 12.1 Å². The standard InChI is InChI=1S/C15H21ClN2O3/c1-15(2,3)12(13(19)20)18-14(21)17-9-8-10-4-6-11(16)7-5-10/h4-7,12H,8-9H2,1-3H3,(H,19,20)(H2,17,18,21)/t12-/m1/s1. The van der Waals surface area contributed by atoms with Gasteiger partial charge in [-0.15, -0.1) is 0 Å². The molecule has 0 saturated carbocycles. The maximum Gasteiger partial charge on any atom is 0.326 e. The molecule has 0 radical (unpaired) electrons. The van der Waals surface area contributed by atoms with Gasteiger partial charge in [-0.3, -0.25) is 0 Å². The Labute approximate surface area is 129 Å². The van der Waals surface area contributed by atoms with Gasteiger partial charge in [-0.25, -0.2) is 9.59 Å². The summed E-state index contributed by atoms with van der Waals surface area (Å²) in [6.45, 7) is 5.71. The smallest absolute Gasteiger partial charge is 0.326 e. The lowest BCUT2D eigenvalue weighted by molar-refractivity contribution is -0.141. The first kappa shape index (κ1) is 17.3. The Kier molecular flexibility index (Phi) is 6.03. The van der Waals surface area contributed by atoms with Crippen LogP contribution in [-0.2, 0) is 11.2 Å². The monoisotopic (exact) mass is 312 g/mol. The Bertz CT molecular complexity index is 495. The van der Waals surface area contributed by atoms with Crippen LogP contribution in [-0.4, -0.2) is 29.7 Å².